The fourth-order valence-electron chi connectivity index (χ4n) is 0.808. The van der Waals surface area contributed by atoms with Crippen LogP contribution < -0.4 is 5.73 Å². The van der Waals surface area contributed by atoms with Crippen molar-refractivity contribution >= 4 is 22.4 Å². The monoisotopic (exact) mass is 210 g/mol. The SMILES string of the molecule is CCOC(=O)C#Cc1sc(N)nc1C. The molecule has 1 heterocycles. The summed E-state index contributed by atoms with van der Waals surface area (Å²) in [5, 5.41) is 0.454. The third-order valence-corrected chi connectivity index (χ3v) is 2.27. The zero-order valence-electron chi connectivity index (χ0n) is 7.96. The molecule has 0 radical (unpaired) electrons. The molecule has 1 aromatic heterocycles. The Hall–Kier alpha value is -1.54. The molecule has 0 bridgehead atoms. The van der Waals surface area contributed by atoms with Crippen LogP contribution in [0.5, 0.6) is 0 Å². The van der Waals surface area contributed by atoms with Crippen molar-refractivity contribution in [1.82, 2.24) is 4.98 Å². The Morgan fingerprint density at radius 3 is 2.93 bits per heavy atom. The highest BCUT2D eigenvalue weighted by molar-refractivity contribution is 7.16. The van der Waals surface area contributed by atoms with E-state index in [1.54, 1.807) is 13.8 Å². The second-order valence-electron chi connectivity index (χ2n) is 2.44. The Labute approximate surface area is 86.1 Å². The number of aromatic nitrogens is 1. The lowest BCUT2D eigenvalue weighted by Gasteiger charge is -1.90. The topological polar surface area (TPSA) is 65.2 Å². The van der Waals surface area contributed by atoms with Gasteiger partial charge in [0.2, 0.25) is 0 Å². The summed E-state index contributed by atoms with van der Waals surface area (Å²) in [6.45, 7) is 3.86. The van der Waals surface area contributed by atoms with Crippen LogP contribution in [0.1, 0.15) is 17.5 Å². The molecule has 0 spiro atoms. The van der Waals surface area contributed by atoms with E-state index < -0.39 is 5.97 Å². The van der Waals surface area contributed by atoms with Gasteiger partial charge in [-0.25, -0.2) is 9.78 Å². The zero-order valence-corrected chi connectivity index (χ0v) is 8.77. The molecule has 0 saturated heterocycles. The fourth-order valence-corrected chi connectivity index (χ4v) is 1.50. The van der Waals surface area contributed by atoms with Gasteiger partial charge in [-0.2, -0.15) is 0 Å². The molecule has 0 amide bonds. The van der Waals surface area contributed by atoms with E-state index >= 15 is 0 Å². The maximum absolute atomic E-state index is 10.9. The third kappa shape index (κ3) is 2.75. The van der Waals surface area contributed by atoms with Gasteiger partial charge in [-0.3, -0.25) is 0 Å². The Morgan fingerprint density at radius 1 is 1.71 bits per heavy atom. The molecule has 0 atom stereocenters. The van der Waals surface area contributed by atoms with Gasteiger partial charge in [0.1, 0.15) is 4.88 Å². The number of thiazole rings is 1. The first-order chi connectivity index (χ1) is 6.63. The number of hydrogen-bond acceptors (Lipinski definition) is 5. The van der Waals surface area contributed by atoms with E-state index in [0.29, 0.717) is 16.6 Å². The lowest BCUT2D eigenvalue weighted by Crippen LogP contribution is -1.99. The van der Waals surface area contributed by atoms with E-state index in [9.17, 15) is 4.79 Å². The van der Waals surface area contributed by atoms with Crippen LogP contribution in [-0.4, -0.2) is 17.6 Å². The van der Waals surface area contributed by atoms with Crippen molar-refractivity contribution in [3.8, 4) is 11.8 Å². The van der Waals surface area contributed by atoms with Gasteiger partial charge in [0.05, 0.1) is 12.3 Å². The van der Waals surface area contributed by atoms with Crippen LogP contribution in [0, 0.1) is 18.8 Å². The average Bonchev–Trinajstić information content (AvgIpc) is 2.42. The number of esters is 1. The number of nitrogens with zero attached hydrogens (tertiary/aromatic N) is 1. The van der Waals surface area contributed by atoms with Crippen LogP contribution in [0.15, 0.2) is 0 Å². The van der Waals surface area contributed by atoms with Crippen molar-refractivity contribution in [3.05, 3.63) is 10.6 Å². The predicted molar refractivity (Wildman–Crippen MR) is 54.8 cm³/mol. The molecule has 0 aromatic carbocycles. The minimum Gasteiger partial charge on any atom is -0.456 e. The van der Waals surface area contributed by atoms with E-state index in [1.165, 1.54) is 11.3 Å². The van der Waals surface area contributed by atoms with Crippen LogP contribution >= 0.6 is 11.3 Å². The number of anilines is 1. The summed E-state index contributed by atoms with van der Waals surface area (Å²) in [7, 11) is 0. The summed E-state index contributed by atoms with van der Waals surface area (Å²) in [6.07, 6.45) is 0. The van der Waals surface area contributed by atoms with E-state index in [4.69, 9.17) is 5.73 Å². The Balaban J connectivity index is 2.77. The molecular formula is C9H10N2O2S. The number of nitrogens with two attached hydrogens (primary N) is 1. The minimum atomic E-state index is -0.529. The van der Waals surface area contributed by atoms with Crippen LogP contribution in [0.25, 0.3) is 0 Å². The highest BCUT2D eigenvalue weighted by Gasteiger charge is 2.02. The van der Waals surface area contributed by atoms with Gasteiger partial charge >= 0.3 is 5.97 Å². The van der Waals surface area contributed by atoms with Crippen molar-refractivity contribution in [3.63, 3.8) is 0 Å². The smallest absolute Gasteiger partial charge is 0.384 e. The molecule has 0 saturated carbocycles. The maximum Gasteiger partial charge on any atom is 0.384 e. The molecule has 1 rings (SSSR count). The summed E-state index contributed by atoms with van der Waals surface area (Å²) in [4.78, 5) is 15.6. The number of aryl methyl sites for hydroxylation is 1. The number of ether oxygens (including phenoxy) is 1. The summed E-state index contributed by atoms with van der Waals surface area (Å²) in [5.74, 6) is 4.50. The second-order valence-corrected chi connectivity index (χ2v) is 3.47. The summed E-state index contributed by atoms with van der Waals surface area (Å²) >= 11 is 1.26. The summed E-state index contributed by atoms with van der Waals surface area (Å²) in [6, 6.07) is 0. The van der Waals surface area contributed by atoms with Gasteiger partial charge < -0.3 is 10.5 Å². The number of hydrogen-bond donors (Lipinski definition) is 1. The number of rotatable bonds is 1. The van der Waals surface area contributed by atoms with Gasteiger partial charge in [-0.05, 0) is 19.8 Å². The molecule has 0 aliphatic carbocycles. The first-order valence-corrected chi connectivity index (χ1v) is 4.86. The Bertz CT molecular complexity index is 401. The maximum atomic E-state index is 10.9. The molecular weight excluding hydrogens is 200 g/mol. The van der Waals surface area contributed by atoms with Crippen LogP contribution in [0.2, 0.25) is 0 Å². The highest BCUT2D eigenvalue weighted by atomic mass is 32.1. The van der Waals surface area contributed by atoms with Gasteiger partial charge in [0, 0.05) is 5.92 Å². The highest BCUT2D eigenvalue weighted by Crippen LogP contribution is 2.17. The summed E-state index contributed by atoms with van der Waals surface area (Å²) in [5.41, 5.74) is 6.21. The van der Waals surface area contributed by atoms with Gasteiger partial charge in [-0.15, -0.1) is 0 Å². The molecule has 2 N–H and O–H groups in total. The first-order valence-electron chi connectivity index (χ1n) is 4.05. The van der Waals surface area contributed by atoms with Crippen LogP contribution in [0.3, 0.4) is 0 Å². The van der Waals surface area contributed by atoms with Crippen molar-refractivity contribution < 1.29 is 9.53 Å². The zero-order chi connectivity index (χ0) is 10.6. The molecule has 4 nitrogen and oxygen atoms in total. The lowest BCUT2D eigenvalue weighted by molar-refractivity contribution is -0.136. The quantitative estimate of drug-likeness (QED) is 0.553. The third-order valence-electron chi connectivity index (χ3n) is 1.37. The average molecular weight is 210 g/mol. The Morgan fingerprint density at radius 2 is 2.43 bits per heavy atom. The molecule has 1 aromatic rings. The van der Waals surface area contributed by atoms with E-state index in [0.717, 1.165) is 5.69 Å². The van der Waals surface area contributed by atoms with E-state index in [1.807, 2.05) is 0 Å². The fraction of sp³-hybridized carbons (Fsp3) is 0.333. The van der Waals surface area contributed by atoms with Crippen molar-refractivity contribution in [2.75, 3.05) is 12.3 Å². The molecule has 0 aliphatic heterocycles. The largest absolute Gasteiger partial charge is 0.456 e. The molecule has 0 fully saturated rings. The molecule has 0 unspecified atom stereocenters. The number of carbonyl (C=O) groups is 1. The van der Waals surface area contributed by atoms with Crippen molar-refractivity contribution in [2.45, 2.75) is 13.8 Å². The molecule has 0 aliphatic rings. The van der Waals surface area contributed by atoms with Crippen molar-refractivity contribution in [1.29, 1.82) is 0 Å². The second kappa shape index (κ2) is 4.63. The summed E-state index contributed by atoms with van der Waals surface area (Å²) < 4.78 is 4.65. The van der Waals surface area contributed by atoms with Gasteiger partial charge in [0.25, 0.3) is 0 Å². The van der Waals surface area contributed by atoms with Gasteiger partial charge in [0.15, 0.2) is 5.13 Å². The number of carbonyl (C=O) groups excluding carboxylic acids is 1. The predicted octanol–water partition coefficient (Wildman–Crippen LogP) is 0.948. The van der Waals surface area contributed by atoms with Crippen molar-refractivity contribution in [2.24, 2.45) is 0 Å². The lowest BCUT2D eigenvalue weighted by atomic mass is 10.4. The standard InChI is InChI=1S/C9H10N2O2S/c1-3-13-8(12)5-4-7-6(2)11-9(10)14-7/h3H2,1-2H3,(H2,10,11). The molecule has 14 heavy (non-hydrogen) atoms. The number of nitrogen functional groups attached to an aromatic ring is 1. The molecule has 74 valence electrons. The minimum absolute atomic E-state index is 0.331. The van der Waals surface area contributed by atoms with Crippen LogP contribution in [-0.2, 0) is 9.53 Å². The molecule has 5 heteroatoms. The normalized spacial score (nSPS) is 9.00. The first kappa shape index (κ1) is 10.5. The Kier molecular flexibility index (Phi) is 3.48. The van der Waals surface area contributed by atoms with Gasteiger partial charge in [-0.1, -0.05) is 11.3 Å². The van der Waals surface area contributed by atoms with E-state index in [-0.39, 0.29) is 0 Å². The van der Waals surface area contributed by atoms with E-state index in [2.05, 4.69) is 21.6 Å². The van der Waals surface area contributed by atoms with Crippen LogP contribution in [0.4, 0.5) is 5.13 Å².